The second-order valence-electron chi connectivity index (χ2n) is 8.03. The third kappa shape index (κ3) is 3.05. The van der Waals surface area contributed by atoms with E-state index in [1.54, 1.807) is 0 Å². The molecule has 1 aromatic rings. The van der Waals surface area contributed by atoms with Crippen LogP contribution in [0.25, 0.3) is 0 Å². The minimum atomic E-state index is 0.276. The van der Waals surface area contributed by atoms with E-state index in [-0.39, 0.29) is 5.41 Å². The SMILES string of the molecule is CC(C)(C)C1CCc2ccncc2C1C(C)(C)CCS. The van der Waals surface area contributed by atoms with Crippen molar-refractivity contribution >= 4 is 12.6 Å². The monoisotopic (exact) mass is 291 g/mol. The highest BCUT2D eigenvalue weighted by Gasteiger charge is 2.44. The second kappa shape index (κ2) is 5.71. The molecule has 1 heterocycles. The van der Waals surface area contributed by atoms with Gasteiger partial charge in [0.2, 0.25) is 0 Å². The number of aromatic nitrogens is 1. The standard InChI is InChI=1S/C18H29NS/c1-17(2,3)15-7-6-13-8-10-19-12-14(13)16(15)18(4,5)9-11-20/h8,10,12,15-16,20H,6-7,9,11H2,1-5H3. The number of pyridine rings is 1. The highest BCUT2D eigenvalue weighted by molar-refractivity contribution is 7.80. The second-order valence-corrected chi connectivity index (χ2v) is 8.47. The third-order valence-corrected chi connectivity index (χ3v) is 5.34. The zero-order valence-corrected chi connectivity index (χ0v) is 14.5. The summed E-state index contributed by atoms with van der Waals surface area (Å²) in [5.41, 5.74) is 3.62. The van der Waals surface area contributed by atoms with Crippen molar-refractivity contribution in [3.05, 3.63) is 29.6 Å². The summed E-state index contributed by atoms with van der Waals surface area (Å²) in [6.07, 6.45) is 7.72. The minimum absolute atomic E-state index is 0.276. The lowest BCUT2D eigenvalue weighted by molar-refractivity contribution is 0.0962. The normalized spacial score (nSPS) is 23.5. The van der Waals surface area contributed by atoms with Gasteiger partial charge in [-0.25, -0.2) is 0 Å². The lowest BCUT2D eigenvalue weighted by atomic mass is 9.56. The fourth-order valence-corrected chi connectivity index (χ4v) is 4.56. The lowest BCUT2D eigenvalue weighted by Gasteiger charge is -2.48. The first-order valence-corrected chi connectivity index (χ1v) is 8.44. The van der Waals surface area contributed by atoms with E-state index in [0.29, 0.717) is 17.3 Å². The van der Waals surface area contributed by atoms with Crippen LogP contribution < -0.4 is 0 Å². The number of hydrogen-bond donors (Lipinski definition) is 1. The Kier molecular flexibility index (Phi) is 4.53. The van der Waals surface area contributed by atoms with E-state index in [1.165, 1.54) is 24.0 Å². The van der Waals surface area contributed by atoms with Gasteiger partial charge in [-0.15, -0.1) is 0 Å². The predicted octanol–water partition coefficient (Wildman–Crippen LogP) is 5.12. The zero-order chi connectivity index (χ0) is 15.0. The van der Waals surface area contributed by atoms with Gasteiger partial charge in [0.25, 0.3) is 0 Å². The van der Waals surface area contributed by atoms with Crippen molar-refractivity contribution in [2.75, 3.05) is 5.75 Å². The predicted molar refractivity (Wildman–Crippen MR) is 90.5 cm³/mol. The number of hydrogen-bond acceptors (Lipinski definition) is 2. The Bertz CT molecular complexity index is 459. The Morgan fingerprint density at radius 1 is 1.25 bits per heavy atom. The van der Waals surface area contributed by atoms with Crippen LogP contribution in [0.4, 0.5) is 0 Å². The van der Waals surface area contributed by atoms with E-state index in [2.05, 4.69) is 64.5 Å². The van der Waals surface area contributed by atoms with Gasteiger partial charge in [-0.1, -0.05) is 34.6 Å². The molecule has 0 radical (unpaired) electrons. The van der Waals surface area contributed by atoms with E-state index in [1.807, 2.05) is 6.20 Å². The van der Waals surface area contributed by atoms with E-state index < -0.39 is 0 Å². The summed E-state index contributed by atoms with van der Waals surface area (Å²) in [6, 6.07) is 2.22. The van der Waals surface area contributed by atoms with E-state index >= 15 is 0 Å². The van der Waals surface area contributed by atoms with Crippen molar-refractivity contribution in [3.63, 3.8) is 0 Å². The topological polar surface area (TPSA) is 12.9 Å². The fraction of sp³-hybridized carbons (Fsp3) is 0.722. The molecular formula is C18H29NS. The maximum Gasteiger partial charge on any atom is 0.0305 e. The molecule has 0 aromatic carbocycles. The molecule has 1 nitrogen and oxygen atoms in total. The molecule has 0 amide bonds. The minimum Gasteiger partial charge on any atom is -0.264 e. The lowest BCUT2D eigenvalue weighted by Crippen LogP contribution is -2.39. The molecule has 1 aliphatic carbocycles. The van der Waals surface area contributed by atoms with Gasteiger partial charge < -0.3 is 0 Å². The van der Waals surface area contributed by atoms with Crippen LogP contribution in [0.3, 0.4) is 0 Å². The molecule has 20 heavy (non-hydrogen) atoms. The summed E-state index contributed by atoms with van der Waals surface area (Å²) in [4.78, 5) is 4.42. The molecule has 112 valence electrons. The van der Waals surface area contributed by atoms with Gasteiger partial charge in [-0.05, 0) is 64.9 Å². The van der Waals surface area contributed by atoms with Crippen molar-refractivity contribution in [1.29, 1.82) is 0 Å². The number of rotatable bonds is 3. The van der Waals surface area contributed by atoms with Crippen molar-refractivity contribution in [1.82, 2.24) is 4.98 Å². The van der Waals surface area contributed by atoms with Gasteiger partial charge in [0, 0.05) is 12.4 Å². The van der Waals surface area contributed by atoms with E-state index in [0.717, 1.165) is 12.2 Å². The first-order chi connectivity index (χ1) is 9.27. The van der Waals surface area contributed by atoms with E-state index in [4.69, 9.17) is 0 Å². The van der Waals surface area contributed by atoms with Crippen LogP contribution in [0.5, 0.6) is 0 Å². The van der Waals surface area contributed by atoms with Crippen LogP contribution in [-0.4, -0.2) is 10.7 Å². The van der Waals surface area contributed by atoms with Crippen molar-refractivity contribution < 1.29 is 0 Å². The molecule has 0 N–H and O–H groups in total. The van der Waals surface area contributed by atoms with Crippen molar-refractivity contribution in [2.24, 2.45) is 16.7 Å². The summed E-state index contributed by atoms with van der Waals surface area (Å²) < 4.78 is 0. The largest absolute Gasteiger partial charge is 0.264 e. The summed E-state index contributed by atoms with van der Waals surface area (Å²) in [5, 5.41) is 0. The molecular weight excluding hydrogens is 262 g/mol. The van der Waals surface area contributed by atoms with Crippen molar-refractivity contribution in [2.45, 2.75) is 59.8 Å². The Labute approximate surface area is 130 Å². The first kappa shape index (κ1) is 15.9. The highest BCUT2D eigenvalue weighted by atomic mass is 32.1. The number of nitrogens with zero attached hydrogens (tertiary/aromatic N) is 1. The molecule has 2 rings (SSSR count). The highest BCUT2D eigenvalue weighted by Crippen LogP contribution is 2.54. The smallest absolute Gasteiger partial charge is 0.0305 e. The van der Waals surface area contributed by atoms with Gasteiger partial charge in [0.15, 0.2) is 0 Å². The molecule has 0 bridgehead atoms. The summed E-state index contributed by atoms with van der Waals surface area (Å²) >= 11 is 4.49. The zero-order valence-electron chi connectivity index (χ0n) is 13.6. The van der Waals surface area contributed by atoms with Gasteiger partial charge in [-0.3, -0.25) is 4.98 Å². The van der Waals surface area contributed by atoms with Crippen LogP contribution in [0, 0.1) is 16.7 Å². The molecule has 2 unspecified atom stereocenters. The number of aryl methyl sites for hydroxylation is 1. The molecule has 1 aromatic heterocycles. The summed E-state index contributed by atoms with van der Waals surface area (Å²) in [5.74, 6) is 2.26. The maximum absolute atomic E-state index is 4.49. The Morgan fingerprint density at radius 2 is 1.95 bits per heavy atom. The van der Waals surface area contributed by atoms with Gasteiger partial charge >= 0.3 is 0 Å². The van der Waals surface area contributed by atoms with Crippen LogP contribution >= 0.6 is 12.6 Å². The summed E-state index contributed by atoms with van der Waals surface area (Å²) in [7, 11) is 0. The van der Waals surface area contributed by atoms with E-state index in [9.17, 15) is 0 Å². The molecule has 1 aliphatic rings. The van der Waals surface area contributed by atoms with Crippen molar-refractivity contribution in [3.8, 4) is 0 Å². The average Bonchev–Trinajstić information content (AvgIpc) is 2.36. The van der Waals surface area contributed by atoms with Gasteiger partial charge in [0.05, 0.1) is 0 Å². The Morgan fingerprint density at radius 3 is 2.55 bits per heavy atom. The van der Waals surface area contributed by atoms with Gasteiger partial charge in [0.1, 0.15) is 0 Å². The molecule has 2 heteroatoms. The Hall–Kier alpha value is -0.500. The number of fused-ring (bicyclic) bond motifs is 1. The molecule has 2 atom stereocenters. The van der Waals surface area contributed by atoms with Crippen LogP contribution in [0.15, 0.2) is 18.5 Å². The van der Waals surface area contributed by atoms with Crippen LogP contribution in [0.1, 0.15) is 64.5 Å². The Balaban J connectivity index is 2.49. The van der Waals surface area contributed by atoms with Crippen LogP contribution in [-0.2, 0) is 6.42 Å². The molecule has 0 aliphatic heterocycles. The molecule has 0 fully saturated rings. The first-order valence-electron chi connectivity index (χ1n) is 7.81. The van der Waals surface area contributed by atoms with Gasteiger partial charge in [-0.2, -0.15) is 12.6 Å². The quantitative estimate of drug-likeness (QED) is 0.763. The maximum atomic E-state index is 4.49. The third-order valence-electron chi connectivity index (χ3n) is 5.12. The molecule has 0 saturated heterocycles. The number of thiol groups is 1. The summed E-state index contributed by atoms with van der Waals surface area (Å²) in [6.45, 7) is 12.0. The fourth-order valence-electron chi connectivity index (χ4n) is 3.98. The average molecular weight is 292 g/mol. The molecule has 0 saturated carbocycles. The molecule has 0 spiro atoms. The van der Waals surface area contributed by atoms with Crippen LogP contribution in [0.2, 0.25) is 0 Å².